The summed E-state index contributed by atoms with van der Waals surface area (Å²) in [6, 6.07) is 21.7. The standard InChI is InChI=1S/C31H16BF5N6O/c1-38-27-17-10-4-5-11-18(17)28(39-27)40-30-19-12-6-7-13-20(19)31-41-29-16-9-3-2-8-15(16)14-42(29)32(43(30)31)44-26-24(36)22(34)21(33)23(35)25(26)37/h2-14H,1H3/b38-27-,40-30-. The minimum atomic E-state index is -2.28. The smallest absolute Gasteiger partial charge is 0.518 e. The lowest BCUT2D eigenvalue weighted by Gasteiger charge is -2.31. The van der Waals surface area contributed by atoms with Gasteiger partial charge in [0, 0.05) is 46.3 Å². The molecule has 7 nitrogen and oxygen atoms in total. The number of nitrogens with zero attached hydrogens (tertiary/aromatic N) is 6. The highest BCUT2D eigenvalue weighted by Crippen LogP contribution is 2.39. The van der Waals surface area contributed by atoms with Crippen molar-refractivity contribution in [1.82, 2.24) is 9.29 Å². The van der Waals surface area contributed by atoms with E-state index in [9.17, 15) is 13.2 Å². The van der Waals surface area contributed by atoms with Gasteiger partial charge in [0.25, 0.3) is 0 Å². The Morgan fingerprint density at radius 3 is 2.05 bits per heavy atom. The van der Waals surface area contributed by atoms with Crippen LogP contribution in [0.5, 0.6) is 5.75 Å². The Morgan fingerprint density at radius 2 is 1.32 bits per heavy atom. The third-order valence-electron chi connectivity index (χ3n) is 7.70. The Morgan fingerprint density at radius 1 is 0.705 bits per heavy atom. The summed E-state index contributed by atoms with van der Waals surface area (Å²) >= 11 is 0. The quantitative estimate of drug-likeness (QED) is 0.105. The van der Waals surface area contributed by atoms with Crippen molar-refractivity contribution in [2.45, 2.75) is 0 Å². The number of amidine groups is 4. The molecule has 4 heterocycles. The topological polar surface area (TPSA) is 66.8 Å². The number of aromatic nitrogens is 1. The summed E-state index contributed by atoms with van der Waals surface area (Å²) in [4.78, 5) is 20.1. The van der Waals surface area contributed by atoms with Gasteiger partial charge in [-0.15, -0.1) is 0 Å². The predicted octanol–water partition coefficient (Wildman–Crippen LogP) is 6.24. The molecule has 0 radical (unpaired) electrons. The summed E-state index contributed by atoms with van der Waals surface area (Å²) in [6.45, 7) is 0. The molecule has 3 aliphatic rings. The third-order valence-corrected chi connectivity index (χ3v) is 7.70. The second kappa shape index (κ2) is 9.46. The van der Waals surface area contributed by atoms with Gasteiger partial charge in [0.1, 0.15) is 17.5 Å². The molecule has 0 fully saturated rings. The van der Waals surface area contributed by atoms with Crippen molar-refractivity contribution < 1.29 is 26.6 Å². The van der Waals surface area contributed by atoms with Crippen LogP contribution >= 0.6 is 0 Å². The van der Waals surface area contributed by atoms with Crippen molar-refractivity contribution in [3.63, 3.8) is 0 Å². The lowest BCUT2D eigenvalue weighted by atomic mass is 9.94. The molecule has 0 unspecified atom stereocenters. The summed E-state index contributed by atoms with van der Waals surface area (Å²) in [5, 5.41) is 1.40. The van der Waals surface area contributed by atoms with E-state index in [1.54, 1.807) is 55.7 Å². The molecule has 3 aliphatic heterocycles. The Balaban J connectivity index is 1.39. The normalized spacial score (nSPS) is 16.7. The van der Waals surface area contributed by atoms with Gasteiger partial charge in [-0.2, -0.15) is 8.78 Å². The molecule has 4 aromatic carbocycles. The zero-order valence-corrected chi connectivity index (χ0v) is 22.6. The van der Waals surface area contributed by atoms with E-state index in [1.807, 2.05) is 30.3 Å². The van der Waals surface area contributed by atoms with Crippen LogP contribution in [-0.2, 0) is 0 Å². The zero-order valence-electron chi connectivity index (χ0n) is 22.6. The van der Waals surface area contributed by atoms with Gasteiger partial charge in [0.2, 0.25) is 29.1 Å². The minimum Gasteiger partial charge on any atom is -0.518 e. The summed E-state index contributed by atoms with van der Waals surface area (Å²) in [7, 11) is 0.0962. The molecule has 214 valence electrons. The molecule has 44 heavy (non-hydrogen) atoms. The maximum absolute atomic E-state index is 15.1. The van der Waals surface area contributed by atoms with Gasteiger partial charge in [-0.1, -0.05) is 72.8 Å². The Labute approximate surface area is 246 Å². The van der Waals surface area contributed by atoms with Crippen molar-refractivity contribution in [3.05, 3.63) is 130 Å². The van der Waals surface area contributed by atoms with Crippen molar-refractivity contribution in [3.8, 4) is 5.75 Å². The van der Waals surface area contributed by atoms with Gasteiger partial charge in [-0.25, -0.2) is 28.1 Å². The zero-order chi connectivity index (χ0) is 30.3. The van der Waals surface area contributed by atoms with E-state index in [0.29, 0.717) is 50.8 Å². The molecule has 0 N–H and O–H groups in total. The average Bonchev–Trinajstić information content (AvgIpc) is 3.71. The molecular formula is C31H16BF5N6O. The minimum absolute atomic E-state index is 0.238. The SMILES string of the molecule is C/N=C1N=C(/N=C2/c3ccccc3C3=Nc4c5ccccc5cn4B(Oc4c(F)c(F)c(F)c(F)c4F)N32)c2ccccc2\1. The molecular weight excluding hydrogens is 578 g/mol. The molecule has 0 saturated carbocycles. The molecule has 13 heteroatoms. The van der Waals surface area contributed by atoms with Crippen LogP contribution in [0.4, 0.5) is 27.8 Å². The van der Waals surface area contributed by atoms with Crippen LogP contribution in [0.25, 0.3) is 10.8 Å². The predicted molar refractivity (Wildman–Crippen MR) is 156 cm³/mol. The van der Waals surface area contributed by atoms with E-state index in [0.717, 1.165) is 5.56 Å². The first-order valence-corrected chi connectivity index (χ1v) is 13.4. The molecule has 0 aliphatic carbocycles. The molecule has 1 aromatic heterocycles. The lowest BCUT2D eigenvalue weighted by molar-refractivity contribution is 0.342. The number of hydrogen-bond donors (Lipinski definition) is 0. The monoisotopic (exact) mass is 594 g/mol. The highest BCUT2D eigenvalue weighted by Gasteiger charge is 2.49. The summed E-state index contributed by atoms with van der Waals surface area (Å²) < 4.78 is 80.0. The van der Waals surface area contributed by atoms with Crippen LogP contribution in [0.15, 0.2) is 99.0 Å². The van der Waals surface area contributed by atoms with Crippen molar-refractivity contribution in [2.75, 3.05) is 7.05 Å². The van der Waals surface area contributed by atoms with Gasteiger partial charge in [0.15, 0.2) is 17.4 Å². The fourth-order valence-corrected chi connectivity index (χ4v) is 5.70. The second-order valence-corrected chi connectivity index (χ2v) is 10.1. The molecule has 8 rings (SSSR count). The lowest BCUT2D eigenvalue weighted by Crippen LogP contribution is -2.55. The number of hydrogen-bond acceptors (Lipinski definition) is 4. The van der Waals surface area contributed by atoms with E-state index in [2.05, 4.69) is 9.98 Å². The van der Waals surface area contributed by atoms with Crippen LogP contribution in [0.3, 0.4) is 0 Å². The summed E-state index contributed by atoms with van der Waals surface area (Å²) in [6.07, 6.45) is 1.63. The highest BCUT2D eigenvalue weighted by atomic mass is 19.2. The molecule has 0 saturated heterocycles. The Kier molecular flexibility index (Phi) is 5.61. The van der Waals surface area contributed by atoms with E-state index >= 15 is 8.78 Å². The number of benzene rings is 4. The Bertz CT molecular complexity index is 2180. The summed E-state index contributed by atoms with van der Waals surface area (Å²) in [5.41, 5.74) is 2.67. The van der Waals surface area contributed by atoms with Gasteiger partial charge in [-0.05, 0) is 0 Å². The van der Waals surface area contributed by atoms with Gasteiger partial charge in [-0.3, -0.25) is 9.80 Å². The largest absolute Gasteiger partial charge is 0.631 e. The van der Waals surface area contributed by atoms with E-state index in [4.69, 9.17) is 14.6 Å². The first-order valence-electron chi connectivity index (χ1n) is 13.4. The third kappa shape index (κ3) is 3.55. The summed E-state index contributed by atoms with van der Waals surface area (Å²) in [5.74, 6) is -10.5. The fourth-order valence-electron chi connectivity index (χ4n) is 5.70. The van der Waals surface area contributed by atoms with Crippen molar-refractivity contribution in [1.29, 1.82) is 0 Å². The van der Waals surface area contributed by atoms with Crippen LogP contribution < -0.4 is 4.65 Å². The molecule has 0 bridgehead atoms. The fraction of sp³-hybridized carbons (Fsp3) is 0.0323. The average molecular weight is 594 g/mol. The van der Waals surface area contributed by atoms with E-state index < -0.39 is 42.0 Å². The number of rotatable bonds is 2. The van der Waals surface area contributed by atoms with E-state index in [-0.39, 0.29) is 5.84 Å². The highest BCUT2D eigenvalue weighted by molar-refractivity contribution is 6.61. The maximum Gasteiger partial charge on any atom is 0.631 e. The molecule has 0 atom stereocenters. The molecule has 0 spiro atoms. The van der Waals surface area contributed by atoms with Crippen molar-refractivity contribution >= 4 is 47.1 Å². The number of aliphatic imine (C=N–C) groups is 4. The molecule has 5 aromatic rings. The van der Waals surface area contributed by atoms with Gasteiger partial charge < -0.3 is 9.13 Å². The van der Waals surface area contributed by atoms with Crippen LogP contribution in [-0.4, -0.2) is 46.9 Å². The van der Waals surface area contributed by atoms with Gasteiger partial charge in [0.05, 0.1) is 0 Å². The van der Waals surface area contributed by atoms with Crippen LogP contribution in [0.2, 0.25) is 0 Å². The maximum atomic E-state index is 15.1. The van der Waals surface area contributed by atoms with Gasteiger partial charge >= 0.3 is 7.19 Å². The van der Waals surface area contributed by atoms with Crippen LogP contribution in [0.1, 0.15) is 22.3 Å². The molecule has 0 amide bonds. The number of halogens is 5. The number of fused-ring (bicyclic) bond motifs is 7. The van der Waals surface area contributed by atoms with E-state index in [1.165, 1.54) is 9.29 Å². The van der Waals surface area contributed by atoms with Crippen molar-refractivity contribution in [2.24, 2.45) is 20.0 Å². The van der Waals surface area contributed by atoms with Crippen LogP contribution in [0, 0.1) is 29.1 Å². The first-order chi connectivity index (χ1) is 21.4. The Hall–Kier alpha value is -5.59. The second-order valence-electron chi connectivity index (χ2n) is 10.1. The first kappa shape index (κ1) is 26.1.